The van der Waals surface area contributed by atoms with Crippen LogP contribution in [0.5, 0.6) is 0 Å². The van der Waals surface area contributed by atoms with Crippen LogP contribution in [0.15, 0.2) is 24.7 Å². The van der Waals surface area contributed by atoms with Crippen LogP contribution in [0.25, 0.3) is 0 Å². The Kier molecular flexibility index (Phi) is 18.6. The van der Waals surface area contributed by atoms with E-state index in [1.54, 1.807) is 0 Å². The first kappa shape index (κ1) is 15.8. The summed E-state index contributed by atoms with van der Waals surface area (Å²) in [6, 6.07) is 0. The molecule has 0 rings (SSSR count). The SMILES string of the molecule is C=C(C)[O-].C=C(C)[O-].[Co+2]. The first-order chi connectivity index (χ1) is 3.46. The monoisotopic (exact) mass is 173 g/mol. The van der Waals surface area contributed by atoms with Crippen LogP contribution in [0.4, 0.5) is 0 Å². The van der Waals surface area contributed by atoms with Crippen molar-refractivity contribution in [1.29, 1.82) is 0 Å². The van der Waals surface area contributed by atoms with Crippen molar-refractivity contribution in [2.24, 2.45) is 0 Å². The van der Waals surface area contributed by atoms with Crippen LogP contribution >= 0.6 is 0 Å². The molecule has 55 valence electrons. The van der Waals surface area contributed by atoms with E-state index >= 15 is 0 Å². The van der Waals surface area contributed by atoms with Crippen molar-refractivity contribution < 1.29 is 27.0 Å². The molecule has 0 aromatic heterocycles. The third-order valence-corrected chi connectivity index (χ3v) is 0. The molecule has 0 aliphatic carbocycles. The van der Waals surface area contributed by atoms with Gasteiger partial charge in [-0.3, -0.25) is 0 Å². The minimum absolute atomic E-state index is 0. The van der Waals surface area contributed by atoms with E-state index in [0.717, 1.165) is 0 Å². The summed E-state index contributed by atoms with van der Waals surface area (Å²) < 4.78 is 0. The van der Waals surface area contributed by atoms with Crippen molar-refractivity contribution >= 4 is 0 Å². The van der Waals surface area contributed by atoms with E-state index in [9.17, 15) is 10.2 Å². The van der Waals surface area contributed by atoms with E-state index in [0.29, 0.717) is 0 Å². The van der Waals surface area contributed by atoms with Gasteiger partial charge in [-0.25, -0.2) is 0 Å². The summed E-state index contributed by atoms with van der Waals surface area (Å²) in [6.07, 6.45) is 0. The molecule has 3 heteroatoms. The van der Waals surface area contributed by atoms with Crippen LogP contribution in [0, 0.1) is 0 Å². The van der Waals surface area contributed by atoms with E-state index in [4.69, 9.17) is 0 Å². The number of allylic oxidation sites excluding steroid dienone is 2. The molecule has 0 fully saturated rings. The second-order valence-corrected chi connectivity index (χ2v) is 1.40. The zero-order valence-electron chi connectivity index (χ0n) is 5.56. The van der Waals surface area contributed by atoms with Crippen molar-refractivity contribution in [2.75, 3.05) is 0 Å². The van der Waals surface area contributed by atoms with Crippen molar-refractivity contribution in [3.8, 4) is 0 Å². The van der Waals surface area contributed by atoms with Crippen molar-refractivity contribution in [2.45, 2.75) is 13.8 Å². The van der Waals surface area contributed by atoms with Crippen LogP contribution in [-0.2, 0) is 16.8 Å². The maximum absolute atomic E-state index is 9.33. The molecule has 0 aromatic carbocycles. The molecule has 0 aliphatic rings. The maximum Gasteiger partial charge on any atom is 2.00 e. The van der Waals surface area contributed by atoms with E-state index in [1.165, 1.54) is 13.8 Å². The van der Waals surface area contributed by atoms with E-state index in [-0.39, 0.29) is 28.3 Å². The predicted octanol–water partition coefficient (Wildman–Crippen LogP) is -0.242. The fraction of sp³-hybridized carbons (Fsp3) is 0.333. The Balaban J connectivity index is -0.0000000720. The third-order valence-electron chi connectivity index (χ3n) is 0. The minimum Gasteiger partial charge on any atom is -0.876 e. The second kappa shape index (κ2) is 10.5. The Morgan fingerprint density at radius 3 is 1.00 bits per heavy atom. The second-order valence-electron chi connectivity index (χ2n) is 1.40. The smallest absolute Gasteiger partial charge is 0.876 e. The third kappa shape index (κ3) is 1380. The molecule has 0 atom stereocenters. The average Bonchev–Trinajstić information content (AvgIpc) is 1.25. The van der Waals surface area contributed by atoms with Gasteiger partial charge in [0.2, 0.25) is 0 Å². The molecule has 0 spiro atoms. The molecule has 0 amide bonds. The van der Waals surface area contributed by atoms with E-state index in [2.05, 4.69) is 13.2 Å². The number of hydrogen-bond donors (Lipinski definition) is 0. The fourth-order valence-corrected chi connectivity index (χ4v) is 0. The topological polar surface area (TPSA) is 46.1 Å². The molecule has 9 heavy (non-hydrogen) atoms. The van der Waals surface area contributed by atoms with Gasteiger partial charge in [-0.05, 0) is 0 Å². The molecule has 1 radical (unpaired) electrons. The van der Waals surface area contributed by atoms with E-state index in [1.807, 2.05) is 0 Å². The van der Waals surface area contributed by atoms with Crippen LogP contribution < -0.4 is 10.2 Å². The zero-order valence-corrected chi connectivity index (χ0v) is 6.61. The first-order valence-electron chi connectivity index (χ1n) is 2.12. The van der Waals surface area contributed by atoms with Crippen LogP contribution in [0.1, 0.15) is 13.8 Å². The molecular formula is C6H10CoO2. The van der Waals surface area contributed by atoms with Gasteiger partial charge in [-0.2, -0.15) is 0 Å². The Bertz CT molecular complexity index is 69.1. The Morgan fingerprint density at radius 2 is 1.00 bits per heavy atom. The van der Waals surface area contributed by atoms with Gasteiger partial charge < -0.3 is 10.2 Å². The van der Waals surface area contributed by atoms with Crippen LogP contribution in [0.3, 0.4) is 0 Å². The Morgan fingerprint density at radius 1 is 1.00 bits per heavy atom. The average molecular weight is 173 g/mol. The standard InChI is InChI=1S/2C3H6O.Co/c2*1-3(2)4;/h2*4H,1H2,2H3;/q;;+2/p-2. The molecule has 2 nitrogen and oxygen atoms in total. The quantitative estimate of drug-likeness (QED) is 0.474. The molecule has 0 N–H and O–H groups in total. The summed E-state index contributed by atoms with van der Waals surface area (Å²) in [6.45, 7) is 8.83. The van der Waals surface area contributed by atoms with Gasteiger partial charge in [0.05, 0.1) is 0 Å². The van der Waals surface area contributed by atoms with Crippen LogP contribution in [-0.4, -0.2) is 0 Å². The van der Waals surface area contributed by atoms with Gasteiger partial charge in [-0.15, -0.1) is 24.7 Å². The predicted molar refractivity (Wildman–Crippen MR) is 29.6 cm³/mol. The molecule has 0 aromatic rings. The number of rotatable bonds is 0. The summed E-state index contributed by atoms with van der Waals surface area (Å²) in [5.74, 6) is -0.167. The van der Waals surface area contributed by atoms with Crippen molar-refractivity contribution in [1.82, 2.24) is 0 Å². The van der Waals surface area contributed by atoms with Gasteiger partial charge in [0.1, 0.15) is 0 Å². The normalized spacial score (nSPS) is 5.56. The zero-order chi connectivity index (χ0) is 7.15. The Hall–Kier alpha value is -0.414. The largest absolute Gasteiger partial charge is 2.00 e. The van der Waals surface area contributed by atoms with Gasteiger partial charge in [0.15, 0.2) is 0 Å². The fourth-order valence-electron chi connectivity index (χ4n) is 0. The van der Waals surface area contributed by atoms with Crippen molar-refractivity contribution in [3.63, 3.8) is 0 Å². The van der Waals surface area contributed by atoms with Gasteiger partial charge >= 0.3 is 16.8 Å². The molecule has 0 saturated carbocycles. The van der Waals surface area contributed by atoms with Gasteiger partial charge in [-0.1, -0.05) is 13.8 Å². The molecule has 0 bridgehead atoms. The van der Waals surface area contributed by atoms with Crippen molar-refractivity contribution in [3.05, 3.63) is 24.7 Å². The Labute approximate surface area is 66.1 Å². The summed E-state index contributed by atoms with van der Waals surface area (Å²) in [5.41, 5.74) is 0. The summed E-state index contributed by atoms with van der Waals surface area (Å²) in [7, 11) is 0. The molecule has 0 heterocycles. The maximum atomic E-state index is 9.33. The molecule has 0 aliphatic heterocycles. The van der Waals surface area contributed by atoms with Gasteiger partial charge in [0, 0.05) is 0 Å². The minimum atomic E-state index is -0.0833. The summed E-state index contributed by atoms with van der Waals surface area (Å²) >= 11 is 0. The molecular weight excluding hydrogens is 163 g/mol. The summed E-state index contributed by atoms with van der Waals surface area (Å²) in [5, 5.41) is 18.7. The van der Waals surface area contributed by atoms with E-state index < -0.39 is 0 Å². The van der Waals surface area contributed by atoms with Gasteiger partial charge in [0.25, 0.3) is 0 Å². The molecule has 0 saturated heterocycles. The summed E-state index contributed by atoms with van der Waals surface area (Å²) in [4.78, 5) is 0. The first-order valence-corrected chi connectivity index (χ1v) is 2.12. The molecule has 0 unspecified atom stereocenters. The number of hydrogen-bond acceptors (Lipinski definition) is 2. The van der Waals surface area contributed by atoms with Crippen LogP contribution in [0.2, 0.25) is 0 Å².